The van der Waals surface area contributed by atoms with E-state index >= 15 is 0 Å². The summed E-state index contributed by atoms with van der Waals surface area (Å²) >= 11 is 7.16. The molecule has 0 saturated carbocycles. The average molecular weight is 436 g/mol. The zero-order chi connectivity index (χ0) is 21.0. The quantitative estimate of drug-likeness (QED) is 0.536. The van der Waals surface area contributed by atoms with Gasteiger partial charge in [0.15, 0.2) is 11.5 Å². The number of carbonyl (C=O) groups excluding carboxylic acids is 2. The molecule has 29 heavy (non-hydrogen) atoms. The number of hydrogen-bond donors (Lipinski definition) is 0. The highest BCUT2D eigenvalue weighted by Gasteiger charge is 2.35. The third-order valence-corrected chi connectivity index (χ3v) is 5.23. The topological polar surface area (TPSA) is 55.8 Å². The number of rotatable bonds is 7. The molecule has 1 heterocycles. The van der Waals surface area contributed by atoms with Gasteiger partial charge in [0, 0.05) is 0 Å². The van der Waals surface area contributed by atoms with E-state index in [1.807, 2.05) is 13.8 Å². The molecule has 0 aromatic heterocycles. The van der Waals surface area contributed by atoms with E-state index in [2.05, 4.69) is 0 Å². The van der Waals surface area contributed by atoms with Gasteiger partial charge in [-0.2, -0.15) is 0 Å². The van der Waals surface area contributed by atoms with Crippen molar-refractivity contribution in [2.45, 2.75) is 20.4 Å². The minimum atomic E-state index is -0.410. The Bertz CT molecular complexity index is 962. The Morgan fingerprint density at radius 3 is 2.45 bits per heavy atom. The summed E-state index contributed by atoms with van der Waals surface area (Å²) in [6, 6.07) is 9.05. The Morgan fingerprint density at radius 2 is 1.79 bits per heavy atom. The van der Waals surface area contributed by atoms with Crippen LogP contribution in [0.4, 0.5) is 9.18 Å². The number of nitrogens with zero attached hydrogens (tertiary/aromatic N) is 1. The van der Waals surface area contributed by atoms with Crippen LogP contribution in [-0.2, 0) is 11.3 Å². The van der Waals surface area contributed by atoms with E-state index in [4.69, 9.17) is 21.1 Å². The van der Waals surface area contributed by atoms with Crippen molar-refractivity contribution in [3.8, 4) is 11.5 Å². The number of benzene rings is 2. The van der Waals surface area contributed by atoms with Gasteiger partial charge in [-0.15, -0.1) is 0 Å². The molecule has 0 unspecified atom stereocenters. The van der Waals surface area contributed by atoms with Crippen LogP contribution in [0.2, 0.25) is 5.02 Å². The molecule has 0 radical (unpaired) electrons. The molecule has 1 aliphatic heterocycles. The van der Waals surface area contributed by atoms with Crippen molar-refractivity contribution in [3.05, 3.63) is 63.3 Å². The second-order valence-corrected chi connectivity index (χ2v) is 7.49. The van der Waals surface area contributed by atoms with Crippen LogP contribution in [0, 0.1) is 5.82 Å². The number of carbonyl (C=O) groups is 2. The highest BCUT2D eigenvalue weighted by Crippen LogP contribution is 2.39. The Morgan fingerprint density at radius 1 is 1.10 bits per heavy atom. The summed E-state index contributed by atoms with van der Waals surface area (Å²) in [5.41, 5.74) is 1.28. The highest BCUT2D eigenvalue weighted by atomic mass is 35.5. The van der Waals surface area contributed by atoms with Gasteiger partial charge in [-0.25, -0.2) is 4.39 Å². The fourth-order valence-corrected chi connectivity index (χ4v) is 3.89. The van der Waals surface area contributed by atoms with E-state index in [1.165, 1.54) is 12.1 Å². The number of halogens is 2. The van der Waals surface area contributed by atoms with Crippen LogP contribution in [0.3, 0.4) is 0 Å². The lowest BCUT2D eigenvalue weighted by Crippen LogP contribution is -2.27. The van der Waals surface area contributed by atoms with Crippen LogP contribution in [0.1, 0.15) is 25.0 Å². The molecule has 2 aromatic rings. The predicted molar refractivity (Wildman–Crippen MR) is 112 cm³/mol. The second-order valence-electron chi connectivity index (χ2n) is 6.09. The maximum Gasteiger partial charge on any atom is 0.293 e. The van der Waals surface area contributed by atoms with Crippen molar-refractivity contribution in [1.82, 2.24) is 4.90 Å². The van der Waals surface area contributed by atoms with Gasteiger partial charge in [-0.3, -0.25) is 14.5 Å². The molecule has 3 rings (SSSR count). The first kappa shape index (κ1) is 21.2. The molecule has 152 valence electrons. The highest BCUT2D eigenvalue weighted by molar-refractivity contribution is 8.18. The van der Waals surface area contributed by atoms with Crippen molar-refractivity contribution < 1.29 is 23.5 Å². The average Bonchev–Trinajstić information content (AvgIpc) is 2.94. The molecule has 0 bridgehead atoms. The molecule has 8 heteroatoms. The molecule has 0 spiro atoms. The van der Waals surface area contributed by atoms with E-state index < -0.39 is 5.91 Å². The minimum Gasteiger partial charge on any atom is -0.490 e. The number of thioether (sulfide) groups is 1. The smallest absolute Gasteiger partial charge is 0.293 e. The molecule has 5 nitrogen and oxygen atoms in total. The van der Waals surface area contributed by atoms with Crippen molar-refractivity contribution >= 4 is 40.6 Å². The largest absolute Gasteiger partial charge is 0.490 e. The number of ether oxygens (including phenoxy) is 2. The van der Waals surface area contributed by atoms with Crippen LogP contribution in [0.25, 0.3) is 6.08 Å². The second kappa shape index (κ2) is 9.33. The van der Waals surface area contributed by atoms with Gasteiger partial charge in [0.05, 0.1) is 29.7 Å². The summed E-state index contributed by atoms with van der Waals surface area (Å²) < 4.78 is 24.2. The fraction of sp³-hybridized carbons (Fsp3) is 0.238. The van der Waals surface area contributed by atoms with Crippen molar-refractivity contribution in [2.75, 3.05) is 13.2 Å². The van der Waals surface area contributed by atoms with Crippen LogP contribution in [0.5, 0.6) is 11.5 Å². The predicted octanol–water partition coefficient (Wildman–Crippen LogP) is 5.51. The summed E-state index contributed by atoms with van der Waals surface area (Å²) in [6.07, 6.45) is 1.60. The summed E-state index contributed by atoms with van der Waals surface area (Å²) in [7, 11) is 0. The lowest BCUT2D eigenvalue weighted by Gasteiger charge is -2.13. The summed E-state index contributed by atoms with van der Waals surface area (Å²) in [5.74, 6) is 0.128. The third kappa shape index (κ3) is 4.92. The lowest BCUT2D eigenvalue weighted by molar-refractivity contribution is -0.123. The first-order valence-corrected chi connectivity index (χ1v) is 10.2. The van der Waals surface area contributed by atoms with Crippen molar-refractivity contribution in [3.63, 3.8) is 0 Å². The van der Waals surface area contributed by atoms with Crippen LogP contribution >= 0.6 is 23.4 Å². The van der Waals surface area contributed by atoms with E-state index in [9.17, 15) is 14.0 Å². The molecule has 2 aromatic carbocycles. The van der Waals surface area contributed by atoms with E-state index in [-0.39, 0.29) is 22.5 Å². The lowest BCUT2D eigenvalue weighted by atomic mass is 10.1. The SMILES string of the molecule is CCOc1cc(/C=C2/SC(=O)N(Cc3ccc(F)cc3)C2=O)cc(Cl)c1OCC. The van der Waals surface area contributed by atoms with Crippen LogP contribution in [0.15, 0.2) is 41.3 Å². The zero-order valence-corrected chi connectivity index (χ0v) is 17.5. The van der Waals surface area contributed by atoms with E-state index in [0.29, 0.717) is 40.9 Å². The zero-order valence-electron chi connectivity index (χ0n) is 15.9. The first-order chi connectivity index (χ1) is 13.9. The van der Waals surface area contributed by atoms with Gasteiger partial charge < -0.3 is 9.47 Å². The number of hydrogen-bond acceptors (Lipinski definition) is 5. The van der Waals surface area contributed by atoms with Gasteiger partial charge in [0.25, 0.3) is 11.1 Å². The van der Waals surface area contributed by atoms with E-state index in [1.54, 1.807) is 30.3 Å². The Hall–Kier alpha value is -2.51. The third-order valence-electron chi connectivity index (χ3n) is 4.05. The van der Waals surface area contributed by atoms with Gasteiger partial charge in [0.2, 0.25) is 0 Å². The molecule has 1 aliphatic rings. The number of amides is 2. The van der Waals surface area contributed by atoms with Gasteiger partial charge >= 0.3 is 0 Å². The maximum atomic E-state index is 13.1. The minimum absolute atomic E-state index is 0.0799. The molecule has 0 N–H and O–H groups in total. The molecule has 0 atom stereocenters. The Labute approximate surface area is 177 Å². The Balaban J connectivity index is 1.86. The summed E-state index contributed by atoms with van der Waals surface area (Å²) in [4.78, 5) is 26.4. The standard InChI is InChI=1S/C21H19ClFNO4S/c1-3-27-17-10-14(9-16(22)19(17)28-4-2)11-18-20(25)24(21(26)29-18)12-13-5-7-15(23)8-6-13/h5-11H,3-4,12H2,1-2H3/b18-11+. The molecular weight excluding hydrogens is 417 g/mol. The normalized spacial score (nSPS) is 15.3. The fourth-order valence-electron chi connectivity index (χ4n) is 2.78. The van der Waals surface area contributed by atoms with Gasteiger partial charge in [-0.1, -0.05) is 23.7 Å². The van der Waals surface area contributed by atoms with Crippen molar-refractivity contribution in [1.29, 1.82) is 0 Å². The number of imide groups is 1. The van der Waals surface area contributed by atoms with Gasteiger partial charge in [0.1, 0.15) is 5.82 Å². The summed E-state index contributed by atoms with van der Waals surface area (Å²) in [5, 5.41) is -0.0257. The maximum absolute atomic E-state index is 13.1. The summed E-state index contributed by atoms with van der Waals surface area (Å²) in [6.45, 7) is 4.63. The monoisotopic (exact) mass is 435 g/mol. The molecule has 1 fully saturated rings. The molecule has 2 amide bonds. The van der Waals surface area contributed by atoms with Gasteiger partial charge in [-0.05, 0) is 67.1 Å². The van der Waals surface area contributed by atoms with E-state index in [0.717, 1.165) is 16.7 Å². The molecule has 0 aliphatic carbocycles. The Kier molecular flexibility index (Phi) is 6.82. The van der Waals surface area contributed by atoms with Crippen molar-refractivity contribution in [2.24, 2.45) is 0 Å². The molecular formula is C21H19ClFNO4S. The van der Waals surface area contributed by atoms with Crippen LogP contribution in [-0.4, -0.2) is 29.3 Å². The molecule has 1 saturated heterocycles. The first-order valence-electron chi connectivity index (χ1n) is 9.01. The van der Waals surface area contributed by atoms with Crippen LogP contribution < -0.4 is 9.47 Å².